The third-order valence-corrected chi connectivity index (χ3v) is 4.57. The van der Waals surface area contributed by atoms with Crippen LogP contribution in [0.25, 0.3) is 0 Å². The first kappa shape index (κ1) is 20.7. The molecule has 0 unspecified atom stereocenters. The fourth-order valence-corrected chi connectivity index (χ4v) is 3.07. The predicted octanol–water partition coefficient (Wildman–Crippen LogP) is 2.58. The van der Waals surface area contributed by atoms with Crippen LogP contribution in [0.5, 0.6) is 5.75 Å². The lowest BCUT2D eigenvalue weighted by Crippen LogP contribution is -2.45. The topological polar surface area (TPSA) is 53.0 Å². The summed E-state index contributed by atoms with van der Waals surface area (Å²) < 4.78 is 5.92. The van der Waals surface area contributed by atoms with Gasteiger partial charge in [-0.15, -0.1) is 12.4 Å². The molecule has 0 bridgehead atoms. The van der Waals surface area contributed by atoms with Gasteiger partial charge in [-0.1, -0.05) is 12.1 Å². The summed E-state index contributed by atoms with van der Waals surface area (Å²) in [6, 6.07) is 6.65. The van der Waals surface area contributed by atoms with Crippen LogP contribution in [0, 0.1) is 13.8 Å². The van der Waals surface area contributed by atoms with Crippen molar-refractivity contribution in [2.24, 2.45) is 0 Å². The summed E-state index contributed by atoms with van der Waals surface area (Å²) in [6.07, 6.45) is 2.04. The Morgan fingerprint density at radius 1 is 1.33 bits per heavy atom. The van der Waals surface area contributed by atoms with E-state index < -0.39 is 5.97 Å². The number of hydrogen-bond donors (Lipinski definition) is 1. The maximum absolute atomic E-state index is 10.8. The molecule has 24 heavy (non-hydrogen) atoms. The van der Waals surface area contributed by atoms with Crippen molar-refractivity contribution in [2.75, 3.05) is 39.8 Å². The molecule has 1 N–H and O–H groups in total. The molecule has 0 saturated carbocycles. The minimum absolute atomic E-state index is 0. The quantitative estimate of drug-likeness (QED) is 0.813. The van der Waals surface area contributed by atoms with E-state index in [0.29, 0.717) is 12.6 Å². The van der Waals surface area contributed by atoms with Crippen LogP contribution in [0.1, 0.15) is 24.0 Å². The van der Waals surface area contributed by atoms with Crippen molar-refractivity contribution in [3.63, 3.8) is 0 Å². The molecule has 1 aromatic carbocycles. The fraction of sp³-hybridized carbons (Fsp3) is 0.611. The van der Waals surface area contributed by atoms with Gasteiger partial charge in [0.25, 0.3) is 0 Å². The Hall–Kier alpha value is -1.30. The molecule has 1 aliphatic rings. The largest absolute Gasteiger partial charge is 0.492 e. The van der Waals surface area contributed by atoms with E-state index >= 15 is 0 Å². The molecule has 5 nitrogen and oxygen atoms in total. The number of piperidine rings is 1. The van der Waals surface area contributed by atoms with Gasteiger partial charge >= 0.3 is 5.97 Å². The van der Waals surface area contributed by atoms with Crippen molar-refractivity contribution in [3.8, 4) is 5.75 Å². The Balaban J connectivity index is 0.00000288. The third-order valence-electron chi connectivity index (χ3n) is 4.57. The summed E-state index contributed by atoms with van der Waals surface area (Å²) in [4.78, 5) is 15.1. The molecule has 0 radical (unpaired) electrons. The van der Waals surface area contributed by atoms with Crippen molar-refractivity contribution >= 4 is 18.4 Å². The highest BCUT2D eigenvalue weighted by Crippen LogP contribution is 2.19. The average molecular weight is 357 g/mol. The van der Waals surface area contributed by atoms with Crippen LogP contribution in [-0.2, 0) is 4.79 Å². The highest BCUT2D eigenvalue weighted by molar-refractivity contribution is 5.85. The molecule has 1 fully saturated rings. The van der Waals surface area contributed by atoms with E-state index in [1.165, 1.54) is 11.1 Å². The zero-order valence-electron chi connectivity index (χ0n) is 14.8. The molecule has 0 atom stereocenters. The molecule has 1 aromatic rings. The number of carboxylic acids is 1. The minimum atomic E-state index is -0.753. The number of rotatable bonds is 7. The lowest BCUT2D eigenvalue weighted by atomic mass is 10.0. The number of likely N-dealkylation sites (tertiary alicyclic amines) is 1. The summed E-state index contributed by atoms with van der Waals surface area (Å²) in [5, 5.41) is 8.86. The van der Waals surface area contributed by atoms with Crippen molar-refractivity contribution in [2.45, 2.75) is 32.7 Å². The molecular formula is C18H29ClN2O3. The molecule has 0 aromatic heterocycles. The molecule has 2 rings (SSSR count). The van der Waals surface area contributed by atoms with Crippen LogP contribution in [-0.4, -0.2) is 66.8 Å². The number of aliphatic carboxylic acids is 1. The summed E-state index contributed by atoms with van der Waals surface area (Å²) in [7, 11) is 1.90. The molecule has 6 heteroatoms. The lowest BCUT2D eigenvalue weighted by Gasteiger charge is -2.36. The third kappa shape index (κ3) is 6.30. The number of ether oxygens (including phenoxy) is 1. The monoisotopic (exact) mass is 356 g/mol. The minimum Gasteiger partial charge on any atom is -0.492 e. The van der Waals surface area contributed by atoms with Gasteiger partial charge in [-0.05, 0) is 64.0 Å². The second-order valence-corrected chi connectivity index (χ2v) is 6.50. The van der Waals surface area contributed by atoms with E-state index in [1.807, 2.05) is 11.9 Å². The average Bonchev–Trinajstić information content (AvgIpc) is 2.50. The van der Waals surface area contributed by atoms with E-state index in [2.05, 4.69) is 36.9 Å². The number of nitrogens with zero attached hydrogens (tertiary/aromatic N) is 2. The maximum atomic E-state index is 10.8. The molecule has 0 spiro atoms. The lowest BCUT2D eigenvalue weighted by molar-refractivity contribution is -0.138. The van der Waals surface area contributed by atoms with Crippen LogP contribution < -0.4 is 4.74 Å². The zero-order chi connectivity index (χ0) is 16.8. The number of benzene rings is 1. The van der Waals surface area contributed by atoms with Crippen LogP contribution >= 0.6 is 12.4 Å². The highest BCUT2D eigenvalue weighted by atomic mass is 35.5. The Morgan fingerprint density at radius 3 is 2.62 bits per heavy atom. The van der Waals surface area contributed by atoms with Gasteiger partial charge in [0.05, 0.1) is 6.54 Å². The van der Waals surface area contributed by atoms with Gasteiger partial charge in [0.1, 0.15) is 12.4 Å². The predicted molar refractivity (Wildman–Crippen MR) is 98.4 cm³/mol. The first-order valence-electron chi connectivity index (χ1n) is 8.30. The highest BCUT2D eigenvalue weighted by Gasteiger charge is 2.23. The van der Waals surface area contributed by atoms with Crippen molar-refractivity contribution in [1.82, 2.24) is 9.80 Å². The number of carbonyl (C=O) groups is 1. The first-order chi connectivity index (χ1) is 11.0. The smallest absolute Gasteiger partial charge is 0.317 e. The summed E-state index contributed by atoms with van der Waals surface area (Å²) >= 11 is 0. The van der Waals surface area contributed by atoms with Crippen molar-refractivity contribution in [3.05, 3.63) is 29.3 Å². The molecule has 136 valence electrons. The first-order valence-corrected chi connectivity index (χ1v) is 8.30. The van der Waals surface area contributed by atoms with E-state index in [9.17, 15) is 4.79 Å². The number of carboxylic acid groups (broad SMARTS) is 1. The van der Waals surface area contributed by atoms with E-state index in [4.69, 9.17) is 9.84 Å². The van der Waals surface area contributed by atoms with Gasteiger partial charge in [-0.25, -0.2) is 0 Å². The molecule has 0 aliphatic carbocycles. The van der Waals surface area contributed by atoms with E-state index in [1.54, 1.807) is 0 Å². The van der Waals surface area contributed by atoms with Gasteiger partial charge in [0.15, 0.2) is 0 Å². The molecule has 1 saturated heterocycles. The van der Waals surface area contributed by atoms with Crippen LogP contribution in [0.15, 0.2) is 18.2 Å². The second-order valence-electron chi connectivity index (χ2n) is 6.50. The standard InChI is InChI=1S/C18H28N2O3.ClH/c1-14-4-5-15(2)17(12-14)23-11-10-20-8-6-16(7-9-20)19(3)13-18(21)22;/h4-5,12,16H,6-11,13H2,1-3H3,(H,21,22);1H. The normalized spacial score (nSPS) is 16.0. The summed E-state index contributed by atoms with van der Waals surface area (Å²) in [5.41, 5.74) is 2.39. The molecular weight excluding hydrogens is 328 g/mol. The molecule has 0 amide bonds. The molecule has 1 heterocycles. The SMILES string of the molecule is Cc1ccc(C)c(OCCN2CCC(N(C)CC(=O)O)CC2)c1.Cl. The Labute approximate surface area is 151 Å². The Morgan fingerprint density at radius 2 is 2.00 bits per heavy atom. The van der Waals surface area contributed by atoms with Crippen LogP contribution in [0.3, 0.4) is 0 Å². The van der Waals surface area contributed by atoms with Gasteiger partial charge < -0.3 is 9.84 Å². The number of aryl methyl sites for hydroxylation is 2. The van der Waals surface area contributed by atoms with Crippen LogP contribution in [0.2, 0.25) is 0 Å². The van der Waals surface area contributed by atoms with Crippen molar-refractivity contribution in [1.29, 1.82) is 0 Å². The molecule has 1 aliphatic heterocycles. The van der Waals surface area contributed by atoms with Gasteiger partial charge in [-0.3, -0.25) is 14.6 Å². The van der Waals surface area contributed by atoms with Crippen molar-refractivity contribution < 1.29 is 14.6 Å². The summed E-state index contributed by atoms with van der Waals surface area (Å²) in [5.74, 6) is 0.220. The zero-order valence-corrected chi connectivity index (χ0v) is 15.6. The van der Waals surface area contributed by atoms with E-state index in [-0.39, 0.29) is 19.0 Å². The second kappa shape index (κ2) is 9.87. The van der Waals surface area contributed by atoms with E-state index in [0.717, 1.165) is 38.2 Å². The van der Waals surface area contributed by atoms with Gasteiger partial charge in [0, 0.05) is 12.6 Å². The Kier molecular flexibility index (Phi) is 8.53. The number of halogens is 1. The summed E-state index contributed by atoms with van der Waals surface area (Å²) in [6.45, 7) is 7.89. The number of hydrogen-bond acceptors (Lipinski definition) is 4. The van der Waals surface area contributed by atoms with Gasteiger partial charge in [0.2, 0.25) is 0 Å². The van der Waals surface area contributed by atoms with Gasteiger partial charge in [-0.2, -0.15) is 0 Å². The Bertz CT molecular complexity index is 531. The maximum Gasteiger partial charge on any atom is 0.317 e. The number of likely N-dealkylation sites (N-methyl/N-ethyl adjacent to an activating group) is 1. The fourth-order valence-electron chi connectivity index (χ4n) is 3.07. The van der Waals surface area contributed by atoms with Crippen LogP contribution in [0.4, 0.5) is 0 Å².